The van der Waals surface area contributed by atoms with Crippen molar-refractivity contribution in [1.29, 1.82) is 0 Å². The van der Waals surface area contributed by atoms with Crippen molar-refractivity contribution in [2.24, 2.45) is 5.73 Å². The Kier molecular flexibility index (Phi) is 3.34. The molecule has 8 nitrogen and oxygen atoms in total. The molecule has 2 aliphatic heterocycles. The highest BCUT2D eigenvalue weighted by molar-refractivity contribution is 6.15. The first-order chi connectivity index (χ1) is 8.95. The van der Waals surface area contributed by atoms with E-state index in [1.165, 1.54) is 0 Å². The molecule has 0 aromatic carbocycles. The van der Waals surface area contributed by atoms with E-state index < -0.39 is 42.3 Å². The standard InChI is InChI=1S/C11H13N3O5/c12-4-6-3-7(11(19)13(6)5-10(17)18)14-8(15)1-2-9(14)16/h1-2,6-7H,3-5,12H2,(H,17,18)/t6-,7+/m0/s1. The zero-order valence-electron chi connectivity index (χ0n) is 9.98. The van der Waals surface area contributed by atoms with Crippen molar-refractivity contribution in [2.45, 2.75) is 18.5 Å². The number of imide groups is 1. The van der Waals surface area contributed by atoms with Crippen LogP contribution in [-0.4, -0.2) is 63.8 Å². The lowest BCUT2D eigenvalue weighted by Crippen LogP contribution is -2.46. The Bertz CT molecular complexity index is 469. The van der Waals surface area contributed by atoms with Gasteiger partial charge in [-0.3, -0.25) is 24.1 Å². The van der Waals surface area contributed by atoms with Crippen LogP contribution in [0.4, 0.5) is 0 Å². The quantitative estimate of drug-likeness (QED) is 0.564. The third-order valence-corrected chi connectivity index (χ3v) is 3.24. The first-order valence-electron chi connectivity index (χ1n) is 5.73. The van der Waals surface area contributed by atoms with E-state index in [9.17, 15) is 19.2 Å². The number of carbonyl (C=O) groups is 4. The van der Waals surface area contributed by atoms with E-state index in [4.69, 9.17) is 10.8 Å². The second-order valence-electron chi connectivity index (χ2n) is 4.38. The Hall–Kier alpha value is -2.22. The second-order valence-corrected chi connectivity index (χ2v) is 4.38. The van der Waals surface area contributed by atoms with Crippen LogP contribution < -0.4 is 5.73 Å². The molecule has 19 heavy (non-hydrogen) atoms. The zero-order valence-corrected chi connectivity index (χ0v) is 9.98. The molecular weight excluding hydrogens is 254 g/mol. The van der Waals surface area contributed by atoms with Crippen molar-refractivity contribution in [3.63, 3.8) is 0 Å². The number of rotatable bonds is 4. The van der Waals surface area contributed by atoms with Gasteiger partial charge in [0.25, 0.3) is 11.8 Å². The minimum absolute atomic E-state index is 0.0825. The molecule has 2 rings (SSSR count). The number of carbonyl (C=O) groups excluding carboxylic acids is 3. The fraction of sp³-hybridized carbons (Fsp3) is 0.455. The largest absolute Gasteiger partial charge is 0.480 e. The van der Waals surface area contributed by atoms with Crippen molar-refractivity contribution in [3.8, 4) is 0 Å². The minimum atomic E-state index is -1.16. The van der Waals surface area contributed by atoms with Crippen LogP contribution in [0.3, 0.4) is 0 Å². The zero-order chi connectivity index (χ0) is 14.2. The van der Waals surface area contributed by atoms with E-state index in [0.717, 1.165) is 22.0 Å². The van der Waals surface area contributed by atoms with E-state index in [2.05, 4.69) is 0 Å². The molecule has 1 saturated heterocycles. The number of carboxylic acid groups (broad SMARTS) is 1. The smallest absolute Gasteiger partial charge is 0.323 e. The first kappa shape index (κ1) is 13.2. The topological polar surface area (TPSA) is 121 Å². The molecule has 2 aliphatic rings. The summed E-state index contributed by atoms with van der Waals surface area (Å²) in [6.45, 7) is -0.403. The number of nitrogens with two attached hydrogens (primary N) is 1. The molecule has 0 bridgehead atoms. The molecule has 1 fully saturated rings. The van der Waals surface area contributed by atoms with Gasteiger partial charge in [-0.2, -0.15) is 0 Å². The molecule has 0 aromatic rings. The van der Waals surface area contributed by atoms with E-state index in [0.29, 0.717) is 0 Å². The normalized spacial score (nSPS) is 26.7. The van der Waals surface area contributed by atoms with Crippen LogP contribution in [0.5, 0.6) is 0 Å². The molecular formula is C11H13N3O5. The summed E-state index contributed by atoms with van der Waals surface area (Å²) in [6.07, 6.45) is 2.35. The molecule has 0 spiro atoms. The summed E-state index contributed by atoms with van der Waals surface area (Å²) in [6, 6.07) is -1.43. The number of carboxylic acids is 1. The molecule has 2 heterocycles. The lowest BCUT2D eigenvalue weighted by atomic mass is 10.1. The molecule has 3 amide bonds. The van der Waals surface area contributed by atoms with E-state index in [1.807, 2.05) is 0 Å². The van der Waals surface area contributed by atoms with Gasteiger partial charge in [0.15, 0.2) is 0 Å². The maximum absolute atomic E-state index is 12.1. The summed E-state index contributed by atoms with van der Waals surface area (Å²) in [5, 5.41) is 8.77. The predicted molar refractivity (Wildman–Crippen MR) is 61.6 cm³/mol. The lowest BCUT2D eigenvalue weighted by molar-refractivity contribution is -0.148. The van der Waals surface area contributed by atoms with Gasteiger partial charge in [0, 0.05) is 24.7 Å². The SMILES string of the molecule is NC[C@@H]1C[C@@H](N2C(=O)C=CC2=O)C(=O)N1CC(=O)O. The highest BCUT2D eigenvalue weighted by atomic mass is 16.4. The van der Waals surface area contributed by atoms with E-state index in [1.54, 1.807) is 0 Å². The molecule has 0 saturated carbocycles. The van der Waals surface area contributed by atoms with E-state index in [-0.39, 0.29) is 13.0 Å². The fourth-order valence-electron chi connectivity index (χ4n) is 2.37. The van der Waals surface area contributed by atoms with Gasteiger partial charge in [0.1, 0.15) is 12.6 Å². The third-order valence-electron chi connectivity index (χ3n) is 3.24. The van der Waals surface area contributed by atoms with Crippen LogP contribution in [0, 0.1) is 0 Å². The predicted octanol–water partition coefficient (Wildman–Crippen LogP) is -2.08. The van der Waals surface area contributed by atoms with Crippen molar-refractivity contribution < 1.29 is 24.3 Å². The summed E-state index contributed by atoms with van der Waals surface area (Å²) in [7, 11) is 0. The number of nitrogens with zero attached hydrogens (tertiary/aromatic N) is 2. The Labute approximate surface area is 108 Å². The summed E-state index contributed by atoms with van der Waals surface area (Å²) in [5.41, 5.74) is 5.50. The van der Waals surface area contributed by atoms with Crippen LogP contribution in [-0.2, 0) is 19.2 Å². The number of hydrogen-bond donors (Lipinski definition) is 2. The van der Waals surface area contributed by atoms with Gasteiger partial charge in [-0.1, -0.05) is 0 Å². The van der Waals surface area contributed by atoms with Gasteiger partial charge in [-0.15, -0.1) is 0 Å². The highest BCUT2D eigenvalue weighted by Crippen LogP contribution is 2.25. The van der Waals surface area contributed by atoms with Crippen LogP contribution >= 0.6 is 0 Å². The molecule has 0 aliphatic carbocycles. The average Bonchev–Trinajstić information content (AvgIpc) is 2.82. The van der Waals surface area contributed by atoms with Crippen molar-refractivity contribution in [3.05, 3.63) is 12.2 Å². The fourth-order valence-corrected chi connectivity index (χ4v) is 2.37. The average molecular weight is 267 g/mol. The number of likely N-dealkylation sites (tertiary alicyclic amines) is 1. The molecule has 8 heteroatoms. The molecule has 0 aromatic heterocycles. The van der Waals surface area contributed by atoms with Gasteiger partial charge >= 0.3 is 5.97 Å². The van der Waals surface area contributed by atoms with Crippen molar-refractivity contribution in [2.75, 3.05) is 13.1 Å². The van der Waals surface area contributed by atoms with Crippen LogP contribution in [0.2, 0.25) is 0 Å². The maximum atomic E-state index is 12.1. The maximum Gasteiger partial charge on any atom is 0.323 e. The summed E-state index contributed by atoms with van der Waals surface area (Å²) < 4.78 is 0. The monoisotopic (exact) mass is 267 g/mol. The molecule has 102 valence electrons. The number of amides is 3. The second kappa shape index (κ2) is 4.81. The third kappa shape index (κ3) is 2.22. The Balaban J connectivity index is 2.20. The Morgan fingerprint density at radius 3 is 2.37 bits per heavy atom. The van der Waals surface area contributed by atoms with Crippen LogP contribution in [0.1, 0.15) is 6.42 Å². The number of aliphatic carboxylic acids is 1. The van der Waals surface area contributed by atoms with Gasteiger partial charge in [-0.25, -0.2) is 0 Å². The Morgan fingerprint density at radius 1 is 1.32 bits per heavy atom. The van der Waals surface area contributed by atoms with E-state index >= 15 is 0 Å². The van der Waals surface area contributed by atoms with Gasteiger partial charge in [0.05, 0.1) is 0 Å². The molecule has 2 atom stereocenters. The Morgan fingerprint density at radius 2 is 1.89 bits per heavy atom. The highest BCUT2D eigenvalue weighted by Gasteiger charge is 2.46. The molecule has 3 N–H and O–H groups in total. The molecule has 0 radical (unpaired) electrons. The lowest BCUT2D eigenvalue weighted by Gasteiger charge is -2.22. The minimum Gasteiger partial charge on any atom is -0.480 e. The van der Waals surface area contributed by atoms with Crippen LogP contribution in [0.15, 0.2) is 12.2 Å². The summed E-state index contributed by atoms with van der Waals surface area (Å²) in [4.78, 5) is 47.9. The summed E-state index contributed by atoms with van der Waals surface area (Å²) >= 11 is 0. The van der Waals surface area contributed by atoms with Crippen LogP contribution in [0.25, 0.3) is 0 Å². The molecule has 0 unspecified atom stereocenters. The van der Waals surface area contributed by atoms with Crippen molar-refractivity contribution in [1.82, 2.24) is 9.80 Å². The van der Waals surface area contributed by atoms with Gasteiger partial charge in [-0.05, 0) is 6.42 Å². The van der Waals surface area contributed by atoms with Gasteiger partial charge < -0.3 is 15.7 Å². The first-order valence-corrected chi connectivity index (χ1v) is 5.73. The number of hydrogen-bond acceptors (Lipinski definition) is 5. The van der Waals surface area contributed by atoms with Gasteiger partial charge in [0.2, 0.25) is 5.91 Å². The summed E-state index contributed by atoms with van der Waals surface area (Å²) in [5.74, 6) is -2.83. The van der Waals surface area contributed by atoms with Crippen molar-refractivity contribution >= 4 is 23.7 Å².